The Kier molecular flexibility index (Phi) is 8.33. The first-order valence-electron chi connectivity index (χ1n) is 14.1. The second-order valence-corrected chi connectivity index (χ2v) is 12.8. The summed E-state index contributed by atoms with van der Waals surface area (Å²) in [6.07, 6.45) is 3.93. The van der Waals surface area contributed by atoms with Crippen LogP contribution in [0.25, 0.3) is 22.2 Å². The third-order valence-corrected chi connectivity index (χ3v) is 8.91. The van der Waals surface area contributed by atoms with Gasteiger partial charge in [0.2, 0.25) is 0 Å². The summed E-state index contributed by atoms with van der Waals surface area (Å²) in [6, 6.07) is 12.9. The molecule has 1 atom stereocenters. The van der Waals surface area contributed by atoms with Gasteiger partial charge in [0, 0.05) is 40.7 Å². The normalized spacial score (nSPS) is 14.2. The number of nitrogens with one attached hydrogen (secondary N) is 1. The van der Waals surface area contributed by atoms with E-state index in [0.29, 0.717) is 27.7 Å². The van der Waals surface area contributed by atoms with E-state index in [9.17, 15) is 18.7 Å². The summed E-state index contributed by atoms with van der Waals surface area (Å²) < 4.78 is 46.4. The lowest BCUT2D eigenvalue weighted by Gasteiger charge is -2.25. The Morgan fingerprint density at radius 3 is 2.51 bits per heavy atom. The molecule has 0 spiro atoms. The average molecular weight is 674 g/mol. The molecule has 1 aliphatic rings. The fraction of sp³-hybridized carbons (Fsp3) is 0.242. The third-order valence-electron chi connectivity index (χ3n) is 7.76. The van der Waals surface area contributed by atoms with Crippen molar-refractivity contribution in [1.82, 2.24) is 20.1 Å². The van der Waals surface area contributed by atoms with Crippen LogP contribution in [0.2, 0.25) is 15.1 Å². The van der Waals surface area contributed by atoms with Gasteiger partial charge < -0.3 is 10.4 Å². The van der Waals surface area contributed by atoms with Gasteiger partial charge in [0.1, 0.15) is 22.8 Å². The van der Waals surface area contributed by atoms with E-state index in [-0.39, 0.29) is 34.1 Å². The summed E-state index contributed by atoms with van der Waals surface area (Å²) >= 11 is 18.8. The maximum atomic E-state index is 16.0. The van der Waals surface area contributed by atoms with E-state index in [0.717, 1.165) is 24.3 Å². The summed E-state index contributed by atoms with van der Waals surface area (Å²) in [5, 5.41) is 18.7. The molecule has 1 aliphatic carbocycles. The van der Waals surface area contributed by atoms with Crippen molar-refractivity contribution >= 4 is 51.6 Å². The number of carbonyl (C=O) groups excluding carboxylic acids is 1. The van der Waals surface area contributed by atoms with Crippen LogP contribution in [0.3, 0.4) is 0 Å². The topological polar surface area (TPSA) is 80.0 Å². The van der Waals surface area contributed by atoms with E-state index in [2.05, 4.69) is 15.4 Å². The van der Waals surface area contributed by atoms with Crippen LogP contribution in [0.5, 0.6) is 0 Å². The zero-order chi connectivity index (χ0) is 32.2. The Balaban J connectivity index is 1.42. The standard InChI is InChI=1S/C33H26Cl3F3N4O2/c1-33(2,45)23-13-26(41-31(29(23)39)21-8-9-25(38)28(36)27(21)35)22(16-4-3-5-19(37)11-16)14-40-32(44)17-10-18-15-43(20-6-7-20)42-30(18)24(34)12-17/h3-5,8-13,15,20,22,45H,6-7,14H2,1-2H3,(H,40,44)/t22-/m0/s1. The second kappa shape index (κ2) is 11.9. The maximum absolute atomic E-state index is 16.0. The molecule has 2 N–H and O–H groups in total. The highest BCUT2D eigenvalue weighted by Crippen LogP contribution is 2.40. The number of pyridine rings is 1. The molecule has 0 bridgehead atoms. The first-order valence-corrected chi connectivity index (χ1v) is 15.2. The molecule has 232 valence electrons. The number of fused-ring (bicyclic) bond motifs is 1. The number of carbonyl (C=O) groups is 1. The Labute approximate surface area is 271 Å². The van der Waals surface area contributed by atoms with Gasteiger partial charge in [0.15, 0.2) is 5.82 Å². The van der Waals surface area contributed by atoms with Gasteiger partial charge in [-0.1, -0.05) is 46.9 Å². The lowest BCUT2D eigenvalue weighted by atomic mass is 9.89. The maximum Gasteiger partial charge on any atom is 0.251 e. The fourth-order valence-electron chi connectivity index (χ4n) is 5.24. The van der Waals surface area contributed by atoms with E-state index in [1.807, 2.05) is 10.9 Å². The minimum Gasteiger partial charge on any atom is -0.386 e. The highest BCUT2D eigenvalue weighted by molar-refractivity contribution is 6.43. The van der Waals surface area contributed by atoms with E-state index in [1.165, 1.54) is 50.2 Å². The van der Waals surface area contributed by atoms with Crippen molar-refractivity contribution in [3.8, 4) is 11.3 Å². The summed E-state index contributed by atoms with van der Waals surface area (Å²) in [7, 11) is 0. The van der Waals surface area contributed by atoms with Gasteiger partial charge in [0.25, 0.3) is 5.91 Å². The minimum absolute atomic E-state index is 0.00960. The molecule has 1 fully saturated rings. The highest BCUT2D eigenvalue weighted by atomic mass is 35.5. The van der Waals surface area contributed by atoms with Crippen molar-refractivity contribution < 1.29 is 23.1 Å². The summed E-state index contributed by atoms with van der Waals surface area (Å²) in [5.74, 6) is -3.52. The fourth-order valence-corrected chi connectivity index (χ4v) is 5.91. The summed E-state index contributed by atoms with van der Waals surface area (Å²) in [6.45, 7) is 2.69. The predicted octanol–water partition coefficient (Wildman–Crippen LogP) is 8.60. The molecule has 5 aromatic rings. The van der Waals surface area contributed by atoms with Gasteiger partial charge in [-0.2, -0.15) is 5.10 Å². The molecule has 12 heteroatoms. The zero-order valence-electron chi connectivity index (χ0n) is 24.0. The van der Waals surface area contributed by atoms with Crippen molar-refractivity contribution in [2.45, 2.75) is 44.2 Å². The first-order chi connectivity index (χ1) is 21.3. The molecule has 2 heterocycles. The molecular formula is C33H26Cl3F3N4O2. The van der Waals surface area contributed by atoms with Crippen LogP contribution in [0, 0.1) is 17.5 Å². The number of hydrogen-bond donors (Lipinski definition) is 2. The molecule has 45 heavy (non-hydrogen) atoms. The lowest BCUT2D eigenvalue weighted by molar-refractivity contribution is 0.0743. The van der Waals surface area contributed by atoms with E-state index < -0.39 is 39.9 Å². The van der Waals surface area contributed by atoms with Gasteiger partial charge in [-0.05, 0) is 74.7 Å². The monoisotopic (exact) mass is 672 g/mol. The molecule has 3 aromatic carbocycles. The lowest BCUT2D eigenvalue weighted by Crippen LogP contribution is -2.30. The van der Waals surface area contributed by atoms with Crippen LogP contribution in [-0.4, -0.2) is 32.3 Å². The number of rotatable bonds is 8. The highest BCUT2D eigenvalue weighted by Gasteiger charge is 2.30. The minimum atomic E-state index is -1.69. The summed E-state index contributed by atoms with van der Waals surface area (Å²) in [5.41, 5.74) is -0.650. The molecule has 2 aromatic heterocycles. The van der Waals surface area contributed by atoms with Crippen molar-refractivity contribution in [2.75, 3.05) is 6.54 Å². The number of nitrogens with zero attached hydrogens (tertiary/aromatic N) is 3. The van der Waals surface area contributed by atoms with Crippen molar-refractivity contribution in [3.63, 3.8) is 0 Å². The smallest absolute Gasteiger partial charge is 0.251 e. The summed E-state index contributed by atoms with van der Waals surface area (Å²) in [4.78, 5) is 18.0. The van der Waals surface area contributed by atoms with Gasteiger partial charge in [0.05, 0.1) is 32.4 Å². The van der Waals surface area contributed by atoms with Gasteiger partial charge in [-0.25, -0.2) is 18.2 Å². The van der Waals surface area contributed by atoms with Crippen LogP contribution in [0.1, 0.15) is 65.8 Å². The van der Waals surface area contributed by atoms with Crippen LogP contribution < -0.4 is 5.32 Å². The molecule has 0 aliphatic heterocycles. The molecule has 0 radical (unpaired) electrons. The first kappa shape index (κ1) is 31.4. The van der Waals surface area contributed by atoms with E-state index >= 15 is 4.39 Å². The van der Waals surface area contributed by atoms with Crippen LogP contribution in [-0.2, 0) is 5.60 Å². The average Bonchev–Trinajstić information content (AvgIpc) is 3.74. The van der Waals surface area contributed by atoms with Gasteiger partial charge in [-0.15, -0.1) is 0 Å². The Bertz CT molecular complexity index is 1970. The molecule has 1 saturated carbocycles. The van der Waals surface area contributed by atoms with Gasteiger partial charge >= 0.3 is 0 Å². The van der Waals surface area contributed by atoms with E-state index in [1.54, 1.807) is 12.1 Å². The predicted molar refractivity (Wildman–Crippen MR) is 168 cm³/mol. The Hall–Kier alpha value is -3.63. The second-order valence-electron chi connectivity index (χ2n) is 11.6. The molecular weight excluding hydrogens is 648 g/mol. The molecule has 0 saturated heterocycles. The number of halogens is 6. The van der Waals surface area contributed by atoms with Gasteiger partial charge in [-0.3, -0.25) is 9.48 Å². The number of aromatic nitrogens is 3. The van der Waals surface area contributed by atoms with E-state index in [4.69, 9.17) is 34.8 Å². The van der Waals surface area contributed by atoms with Crippen LogP contribution >= 0.6 is 34.8 Å². The number of benzene rings is 3. The SMILES string of the molecule is CC(C)(O)c1cc([C@@H](CNC(=O)c2cc(Cl)c3nn(C4CC4)cc3c2)c2cccc(F)c2)nc(-c2ccc(F)c(Cl)c2Cl)c1F. The Morgan fingerprint density at radius 1 is 1.07 bits per heavy atom. The van der Waals surface area contributed by atoms with Crippen LogP contribution in [0.4, 0.5) is 13.2 Å². The molecule has 6 rings (SSSR count). The number of aliphatic hydroxyl groups is 1. The molecule has 0 unspecified atom stereocenters. The number of hydrogen-bond acceptors (Lipinski definition) is 4. The quantitative estimate of drug-likeness (QED) is 0.162. The van der Waals surface area contributed by atoms with Crippen molar-refractivity contribution in [2.24, 2.45) is 0 Å². The molecule has 6 nitrogen and oxygen atoms in total. The molecule has 1 amide bonds. The van der Waals surface area contributed by atoms with Crippen molar-refractivity contribution in [3.05, 3.63) is 116 Å². The number of amides is 1. The largest absolute Gasteiger partial charge is 0.386 e. The van der Waals surface area contributed by atoms with Crippen LogP contribution in [0.15, 0.2) is 60.8 Å². The zero-order valence-corrected chi connectivity index (χ0v) is 26.3. The van der Waals surface area contributed by atoms with Crippen molar-refractivity contribution in [1.29, 1.82) is 0 Å². The third kappa shape index (κ3) is 6.27. The Morgan fingerprint density at radius 2 is 1.82 bits per heavy atom.